The minimum atomic E-state index is -0.402. The van der Waals surface area contributed by atoms with Crippen LogP contribution in [0.2, 0.25) is 5.02 Å². The molecule has 0 unspecified atom stereocenters. The van der Waals surface area contributed by atoms with E-state index in [1.165, 1.54) is 16.5 Å². The molecule has 2 aromatic heterocycles. The van der Waals surface area contributed by atoms with Crippen molar-refractivity contribution in [1.82, 2.24) is 14.6 Å². The Balaban J connectivity index is 2.63. The number of rotatable bonds is 1. The highest BCUT2D eigenvalue weighted by molar-refractivity contribution is 6.32. The Morgan fingerprint density at radius 1 is 1.39 bits per heavy atom. The summed E-state index contributed by atoms with van der Waals surface area (Å²) in [5.74, 6) is -0.102. The van der Waals surface area contributed by atoms with E-state index in [2.05, 4.69) is 10.2 Å². The summed E-state index contributed by atoms with van der Waals surface area (Å²) >= 11 is 5.84. The van der Waals surface area contributed by atoms with Crippen molar-refractivity contribution in [3.05, 3.63) is 39.3 Å². The number of aromatic amines is 1. The largest absolute Gasteiger partial charge is 0.506 e. The number of aliphatic hydroxyl groups is 1. The highest BCUT2D eigenvalue weighted by Gasteiger charge is 2.12. The third-order valence-electron chi connectivity index (χ3n) is 2.82. The predicted octanol–water partition coefficient (Wildman–Crippen LogP) is 1.03. The van der Waals surface area contributed by atoms with E-state index in [4.69, 9.17) is 11.6 Å². The Kier molecular flexibility index (Phi) is 2.29. The Hall–Kier alpha value is -2.05. The molecule has 0 saturated carbocycles. The highest BCUT2D eigenvalue weighted by Crippen LogP contribution is 2.31. The van der Waals surface area contributed by atoms with Crippen molar-refractivity contribution in [1.29, 1.82) is 0 Å². The van der Waals surface area contributed by atoms with Crippen molar-refractivity contribution < 1.29 is 10.2 Å². The molecule has 18 heavy (non-hydrogen) atoms. The summed E-state index contributed by atoms with van der Waals surface area (Å²) in [6.45, 7) is -0.227. The molecule has 0 spiro atoms. The predicted molar refractivity (Wildman–Crippen MR) is 65.9 cm³/mol. The van der Waals surface area contributed by atoms with Crippen LogP contribution in [0.25, 0.3) is 16.6 Å². The van der Waals surface area contributed by atoms with E-state index in [0.29, 0.717) is 22.1 Å². The maximum Gasteiger partial charge on any atom is 0.348 e. The number of nitrogens with zero attached hydrogens (tertiary/aromatic N) is 2. The van der Waals surface area contributed by atoms with Gasteiger partial charge < -0.3 is 10.2 Å². The van der Waals surface area contributed by atoms with E-state index in [0.717, 1.165) is 0 Å². The molecule has 7 heteroatoms. The number of hydrogen-bond donors (Lipinski definition) is 3. The summed E-state index contributed by atoms with van der Waals surface area (Å²) in [6.07, 6.45) is 0. The Morgan fingerprint density at radius 2 is 2.17 bits per heavy atom. The average molecular weight is 266 g/mol. The number of phenols is 1. The number of benzene rings is 1. The van der Waals surface area contributed by atoms with Crippen molar-refractivity contribution in [2.75, 3.05) is 0 Å². The molecule has 0 aliphatic rings. The van der Waals surface area contributed by atoms with E-state index in [-0.39, 0.29) is 17.4 Å². The molecule has 6 nitrogen and oxygen atoms in total. The summed E-state index contributed by atoms with van der Waals surface area (Å²) in [7, 11) is 0. The average Bonchev–Trinajstić information content (AvgIpc) is 2.72. The maximum atomic E-state index is 11.7. The van der Waals surface area contributed by atoms with E-state index < -0.39 is 5.69 Å². The second-order valence-electron chi connectivity index (χ2n) is 3.87. The van der Waals surface area contributed by atoms with Gasteiger partial charge in [-0.15, -0.1) is 0 Å². The standard InChI is InChI=1S/C11H8ClN3O3/c12-7-3-8-6(2-9(7)17)5(4-16)1-10-13-14-11(18)15(8)10/h1-3,16-17H,4H2,(H,14,18). The lowest BCUT2D eigenvalue weighted by Gasteiger charge is -2.07. The van der Waals surface area contributed by atoms with Gasteiger partial charge in [-0.3, -0.25) is 0 Å². The number of pyridine rings is 1. The molecule has 1 aromatic carbocycles. The van der Waals surface area contributed by atoms with Gasteiger partial charge >= 0.3 is 5.69 Å². The van der Waals surface area contributed by atoms with Crippen LogP contribution in [0.3, 0.4) is 0 Å². The van der Waals surface area contributed by atoms with Gasteiger partial charge in [0.1, 0.15) is 5.75 Å². The third kappa shape index (κ3) is 1.40. The number of halogens is 1. The number of nitrogens with one attached hydrogen (secondary N) is 1. The number of H-pyrrole nitrogens is 1. The summed E-state index contributed by atoms with van der Waals surface area (Å²) in [6, 6.07) is 4.46. The zero-order chi connectivity index (χ0) is 12.9. The van der Waals surface area contributed by atoms with Gasteiger partial charge in [0.05, 0.1) is 17.1 Å². The minimum absolute atomic E-state index is 0.102. The molecule has 3 rings (SSSR count). The van der Waals surface area contributed by atoms with Gasteiger partial charge in [-0.1, -0.05) is 11.6 Å². The Bertz CT molecular complexity index is 822. The molecule has 0 aliphatic heterocycles. The second kappa shape index (κ2) is 3.72. The molecule has 2 heterocycles. The van der Waals surface area contributed by atoms with Crippen LogP contribution >= 0.6 is 11.6 Å². The zero-order valence-electron chi connectivity index (χ0n) is 9.01. The van der Waals surface area contributed by atoms with Crippen LogP contribution < -0.4 is 5.69 Å². The van der Waals surface area contributed by atoms with E-state index in [9.17, 15) is 15.0 Å². The van der Waals surface area contributed by atoms with Gasteiger partial charge in [0.2, 0.25) is 0 Å². The Labute approximate surface area is 105 Å². The topological polar surface area (TPSA) is 90.6 Å². The Morgan fingerprint density at radius 3 is 2.89 bits per heavy atom. The van der Waals surface area contributed by atoms with Gasteiger partial charge in [-0.2, -0.15) is 5.10 Å². The van der Waals surface area contributed by atoms with Crippen LogP contribution in [-0.4, -0.2) is 24.8 Å². The normalized spacial score (nSPS) is 11.4. The first-order valence-corrected chi connectivity index (χ1v) is 5.51. The van der Waals surface area contributed by atoms with Gasteiger partial charge in [0.25, 0.3) is 0 Å². The molecular formula is C11H8ClN3O3. The lowest BCUT2D eigenvalue weighted by Crippen LogP contribution is -2.10. The fourth-order valence-corrected chi connectivity index (χ4v) is 2.15. The summed E-state index contributed by atoms with van der Waals surface area (Å²) in [4.78, 5) is 11.7. The molecule has 3 aromatic rings. The molecule has 0 radical (unpaired) electrons. The molecule has 0 saturated heterocycles. The monoisotopic (exact) mass is 265 g/mol. The van der Waals surface area contributed by atoms with Crippen LogP contribution in [0.5, 0.6) is 5.75 Å². The number of fused-ring (bicyclic) bond motifs is 3. The number of aliphatic hydroxyl groups excluding tert-OH is 1. The molecular weight excluding hydrogens is 258 g/mol. The number of aromatic hydroxyl groups is 1. The smallest absolute Gasteiger partial charge is 0.348 e. The summed E-state index contributed by atoms with van der Waals surface area (Å²) in [5.41, 5.74) is 1.03. The number of hydrogen-bond acceptors (Lipinski definition) is 4. The van der Waals surface area contributed by atoms with Crippen molar-refractivity contribution in [2.45, 2.75) is 6.61 Å². The van der Waals surface area contributed by atoms with Crippen molar-refractivity contribution in [3.63, 3.8) is 0 Å². The van der Waals surface area contributed by atoms with Gasteiger partial charge in [0.15, 0.2) is 5.65 Å². The lowest BCUT2D eigenvalue weighted by molar-refractivity contribution is 0.283. The van der Waals surface area contributed by atoms with Gasteiger partial charge in [0, 0.05) is 5.39 Å². The first-order valence-electron chi connectivity index (χ1n) is 5.14. The van der Waals surface area contributed by atoms with Crippen LogP contribution in [0.1, 0.15) is 5.56 Å². The maximum absolute atomic E-state index is 11.7. The van der Waals surface area contributed by atoms with Crippen molar-refractivity contribution >= 4 is 28.2 Å². The first-order chi connectivity index (χ1) is 8.61. The summed E-state index contributed by atoms with van der Waals surface area (Å²) in [5, 5.41) is 25.8. The quantitative estimate of drug-likeness (QED) is 0.613. The molecule has 0 bridgehead atoms. The van der Waals surface area contributed by atoms with E-state index in [1.54, 1.807) is 6.07 Å². The number of aromatic nitrogens is 3. The summed E-state index contributed by atoms with van der Waals surface area (Å²) < 4.78 is 1.33. The highest BCUT2D eigenvalue weighted by atomic mass is 35.5. The molecule has 0 aliphatic carbocycles. The first kappa shape index (κ1) is 11.1. The fourth-order valence-electron chi connectivity index (χ4n) is 2.00. The number of phenolic OH excluding ortho intramolecular Hbond substituents is 1. The molecule has 3 N–H and O–H groups in total. The molecule has 0 fully saturated rings. The molecule has 92 valence electrons. The third-order valence-corrected chi connectivity index (χ3v) is 3.13. The minimum Gasteiger partial charge on any atom is -0.506 e. The molecule has 0 amide bonds. The molecule has 0 atom stereocenters. The van der Waals surface area contributed by atoms with E-state index >= 15 is 0 Å². The van der Waals surface area contributed by atoms with Gasteiger partial charge in [-0.05, 0) is 23.8 Å². The van der Waals surface area contributed by atoms with Crippen molar-refractivity contribution in [2.24, 2.45) is 0 Å². The second-order valence-corrected chi connectivity index (χ2v) is 4.28. The van der Waals surface area contributed by atoms with Crippen molar-refractivity contribution in [3.8, 4) is 5.75 Å². The fraction of sp³-hybridized carbons (Fsp3) is 0.0909. The van der Waals surface area contributed by atoms with Crippen LogP contribution in [0.4, 0.5) is 0 Å². The zero-order valence-corrected chi connectivity index (χ0v) is 9.77. The van der Waals surface area contributed by atoms with Crippen LogP contribution in [0.15, 0.2) is 23.0 Å². The van der Waals surface area contributed by atoms with Crippen LogP contribution in [-0.2, 0) is 6.61 Å². The van der Waals surface area contributed by atoms with Gasteiger partial charge in [-0.25, -0.2) is 14.3 Å². The lowest BCUT2D eigenvalue weighted by atomic mass is 10.1. The SMILES string of the molecule is O=c1[nH]nc2cc(CO)c3cc(O)c(Cl)cc3n12. The van der Waals surface area contributed by atoms with E-state index in [1.807, 2.05) is 0 Å². The van der Waals surface area contributed by atoms with Crippen LogP contribution in [0, 0.1) is 0 Å².